The number of sulfonamides is 1. The van der Waals surface area contributed by atoms with Crippen molar-refractivity contribution in [3.8, 4) is 39.7 Å². The van der Waals surface area contributed by atoms with Gasteiger partial charge in [-0.15, -0.1) is 0 Å². The van der Waals surface area contributed by atoms with Crippen LogP contribution in [0.4, 0.5) is 5.69 Å². The van der Waals surface area contributed by atoms with E-state index in [4.69, 9.17) is 24.1 Å². The predicted octanol–water partition coefficient (Wildman–Crippen LogP) is 5.64. The van der Waals surface area contributed by atoms with E-state index in [-0.39, 0.29) is 34.2 Å². The second-order valence-electron chi connectivity index (χ2n) is 16.0. The number of hydrogen-bond donors (Lipinski definition) is 2. The highest BCUT2D eigenvalue weighted by Gasteiger charge is 2.42. The molecule has 3 aromatic carbocycles. The van der Waals surface area contributed by atoms with E-state index in [2.05, 4.69) is 14.5 Å². The Labute approximate surface area is 335 Å². The minimum atomic E-state index is -3.64. The van der Waals surface area contributed by atoms with E-state index >= 15 is 0 Å². The molecule has 0 bridgehead atoms. The molecule has 5 aromatic rings. The highest BCUT2D eigenvalue weighted by molar-refractivity contribution is 7.90. The van der Waals surface area contributed by atoms with E-state index in [9.17, 15) is 28.4 Å². The average Bonchev–Trinajstić information content (AvgIpc) is 3.46. The van der Waals surface area contributed by atoms with Gasteiger partial charge in [0.1, 0.15) is 11.2 Å². The summed E-state index contributed by atoms with van der Waals surface area (Å²) in [6, 6.07) is 13.6. The fraction of sp³-hybridized carbons (Fsp3) is 0.429. The Morgan fingerprint density at radius 1 is 1.00 bits per heavy atom. The Morgan fingerprint density at radius 2 is 1.72 bits per heavy atom. The molecule has 1 saturated carbocycles. The number of nitrogens with one attached hydrogen (secondary N) is 1. The topological polar surface area (TPSA) is 194 Å². The lowest BCUT2D eigenvalue weighted by Crippen LogP contribution is -2.38. The number of carbonyl (C=O) groups excluding carboxylic acids is 1. The van der Waals surface area contributed by atoms with Crippen LogP contribution >= 0.6 is 0 Å². The SMILES string of the molecule is COc1nc(-c2cccc(-c3cccc(-c4nc5cc6c(c([N+](=O)[O-])c5o4)CC[C@H]6N4CC[C@@H](C(=O)NS(=O)(=O)C5CC5)C4)c3C)c2C)cnc1CN1CC[C@@H](O)C1. The van der Waals surface area contributed by atoms with Crippen molar-refractivity contribution in [2.75, 3.05) is 33.3 Å². The van der Waals surface area contributed by atoms with Crippen LogP contribution in [0.1, 0.15) is 66.1 Å². The van der Waals surface area contributed by atoms with Crippen molar-refractivity contribution in [1.82, 2.24) is 29.5 Å². The lowest BCUT2D eigenvalue weighted by atomic mass is 9.90. The number of aromatic nitrogens is 3. The molecule has 9 rings (SSSR count). The molecule has 302 valence electrons. The van der Waals surface area contributed by atoms with Gasteiger partial charge in [0.25, 0.3) is 0 Å². The molecule has 0 unspecified atom stereocenters. The van der Waals surface area contributed by atoms with E-state index in [1.807, 2.05) is 56.3 Å². The zero-order valence-corrected chi connectivity index (χ0v) is 33.4. The van der Waals surface area contributed by atoms with Crippen molar-refractivity contribution >= 4 is 32.7 Å². The van der Waals surface area contributed by atoms with Gasteiger partial charge in [0, 0.05) is 48.9 Å². The number of fused-ring (bicyclic) bond motifs is 2. The van der Waals surface area contributed by atoms with Crippen LogP contribution in [0.2, 0.25) is 0 Å². The number of nitrogens with zero attached hydrogens (tertiary/aromatic N) is 6. The van der Waals surface area contributed by atoms with Gasteiger partial charge in [0.15, 0.2) is 0 Å². The Balaban J connectivity index is 1.00. The Hall–Kier alpha value is -5.29. The number of methoxy groups -OCH3 is 1. The van der Waals surface area contributed by atoms with Crippen LogP contribution in [0.5, 0.6) is 5.88 Å². The van der Waals surface area contributed by atoms with Crippen molar-refractivity contribution in [3.05, 3.63) is 86.7 Å². The molecule has 58 heavy (non-hydrogen) atoms. The van der Waals surface area contributed by atoms with Crippen molar-refractivity contribution in [2.24, 2.45) is 5.92 Å². The molecule has 3 atom stereocenters. The summed E-state index contributed by atoms with van der Waals surface area (Å²) in [6.45, 7) is 6.88. The normalized spacial score (nSPS) is 21.1. The minimum absolute atomic E-state index is 0.0873. The summed E-state index contributed by atoms with van der Waals surface area (Å²) in [7, 11) is -2.06. The highest BCUT2D eigenvalue weighted by atomic mass is 32.2. The van der Waals surface area contributed by atoms with Gasteiger partial charge in [0.05, 0.1) is 41.2 Å². The third-order valence-corrected chi connectivity index (χ3v) is 14.2. The smallest absolute Gasteiger partial charge is 0.317 e. The van der Waals surface area contributed by atoms with Gasteiger partial charge >= 0.3 is 5.69 Å². The van der Waals surface area contributed by atoms with Crippen LogP contribution in [-0.4, -0.2) is 93.7 Å². The number of carbonyl (C=O) groups is 1. The minimum Gasteiger partial charge on any atom is -0.480 e. The van der Waals surface area contributed by atoms with Crippen molar-refractivity contribution in [1.29, 1.82) is 0 Å². The number of hydrogen-bond acceptors (Lipinski definition) is 13. The monoisotopic (exact) mass is 807 g/mol. The van der Waals surface area contributed by atoms with Crippen molar-refractivity contribution in [2.45, 2.75) is 76.3 Å². The van der Waals surface area contributed by atoms with Crippen LogP contribution in [0, 0.1) is 29.9 Å². The molecule has 4 aliphatic rings. The molecule has 4 heterocycles. The van der Waals surface area contributed by atoms with E-state index in [1.165, 1.54) is 0 Å². The second-order valence-corrected chi connectivity index (χ2v) is 18.0. The fourth-order valence-electron chi connectivity index (χ4n) is 9.09. The number of nitro benzene ring substituents is 1. The van der Waals surface area contributed by atoms with Gasteiger partial charge < -0.3 is 14.3 Å². The van der Waals surface area contributed by atoms with E-state index < -0.39 is 27.1 Å². The van der Waals surface area contributed by atoms with Crippen molar-refractivity contribution < 1.29 is 32.4 Å². The summed E-state index contributed by atoms with van der Waals surface area (Å²) in [5.41, 5.74) is 8.60. The average molecular weight is 808 g/mol. The van der Waals surface area contributed by atoms with Gasteiger partial charge in [-0.25, -0.2) is 18.4 Å². The summed E-state index contributed by atoms with van der Waals surface area (Å²) in [4.78, 5) is 43.9. The largest absolute Gasteiger partial charge is 0.480 e. The predicted molar refractivity (Wildman–Crippen MR) is 215 cm³/mol. The number of oxazole rings is 1. The first kappa shape index (κ1) is 38.2. The molecule has 2 saturated heterocycles. The zero-order chi connectivity index (χ0) is 40.5. The molecule has 0 radical (unpaired) electrons. The third-order valence-electron chi connectivity index (χ3n) is 12.3. The van der Waals surface area contributed by atoms with Crippen LogP contribution < -0.4 is 9.46 Å². The molecule has 0 spiro atoms. The molecule has 1 amide bonds. The van der Waals surface area contributed by atoms with Gasteiger partial charge in [-0.2, -0.15) is 0 Å². The number of ether oxygens (including phenoxy) is 1. The Morgan fingerprint density at radius 3 is 2.41 bits per heavy atom. The molecule has 2 aliphatic carbocycles. The molecule has 15 nitrogen and oxygen atoms in total. The van der Waals surface area contributed by atoms with Crippen LogP contribution in [0.25, 0.3) is 44.9 Å². The zero-order valence-electron chi connectivity index (χ0n) is 32.6. The van der Waals surface area contributed by atoms with Crippen LogP contribution in [-0.2, 0) is 27.8 Å². The summed E-state index contributed by atoms with van der Waals surface area (Å²) in [6.07, 6.45) is 4.92. The first-order chi connectivity index (χ1) is 27.9. The van der Waals surface area contributed by atoms with E-state index in [1.54, 1.807) is 13.3 Å². The maximum Gasteiger partial charge on any atom is 0.317 e. The van der Waals surface area contributed by atoms with Gasteiger partial charge in [-0.3, -0.25) is 34.4 Å². The molecule has 16 heteroatoms. The lowest BCUT2D eigenvalue weighted by molar-refractivity contribution is -0.384. The highest BCUT2D eigenvalue weighted by Crippen LogP contribution is 2.47. The van der Waals surface area contributed by atoms with Crippen LogP contribution in [0.3, 0.4) is 0 Å². The number of rotatable bonds is 11. The van der Waals surface area contributed by atoms with Gasteiger partial charge in [0.2, 0.25) is 33.3 Å². The molecule has 2 aromatic heterocycles. The molecule has 3 fully saturated rings. The first-order valence-corrected chi connectivity index (χ1v) is 21.4. The third kappa shape index (κ3) is 6.91. The number of aliphatic hydroxyl groups excluding tert-OH is 1. The lowest BCUT2D eigenvalue weighted by Gasteiger charge is -2.24. The number of β-amino-alcohol motifs (C(OH)–C–C–N with tert-alkyl or cyclic N) is 1. The maximum atomic E-state index is 12.9. The summed E-state index contributed by atoms with van der Waals surface area (Å²) < 4.78 is 39.1. The quantitative estimate of drug-likeness (QED) is 0.123. The number of likely N-dealkylation sites (tertiary alicyclic amines) is 2. The summed E-state index contributed by atoms with van der Waals surface area (Å²) >= 11 is 0. The standard InChI is InChI=1S/C42H45N7O8S/c1-23-28(6-4-8-30(23)35-19-43-36(42(45-35)56-3)22-47-16-15-26(50)21-47)29-7-5-9-31(24(29)2)41-44-34-18-33-32(38(49(52)53)39(34)57-41)12-13-37(33)48-17-14-25(20-48)40(51)46-58(54,55)27-10-11-27/h4-9,18-19,25-27,37,50H,10-17,20-22H2,1-3H3,(H,46,51)/t25-,26-,37-/m1/s1. The molecule has 2 N–H and O–H groups in total. The van der Waals surface area contributed by atoms with Crippen LogP contribution in [0.15, 0.2) is 53.1 Å². The fourth-order valence-corrected chi connectivity index (χ4v) is 10.5. The molecular formula is C42H45N7O8S. The molecular weight excluding hydrogens is 763 g/mol. The van der Waals surface area contributed by atoms with Gasteiger partial charge in [-0.05, 0) is 98.9 Å². The molecule has 2 aliphatic heterocycles. The van der Waals surface area contributed by atoms with E-state index in [0.29, 0.717) is 92.2 Å². The number of benzene rings is 3. The second kappa shape index (κ2) is 14.8. The first-order valence-electron chi connectivity index (χ1n) is 19.8. The number of nitro groups is 1. The maximum absolute atomic E-state index is 12.9. The summed E-state index contributed by atoms with van der Waals surface area (Å²) in [5.74, 6) is -0.239. The Kier molecular flexibility index (Phi) is 9.77. The van der Waals surface area contributed by atoms with Gasteiger partial charge in [-0.1, -0.05) is 30.3 Å². The number of aliphatic hydroxyl groups is 1. The number of amides is 1. The Bertz CT molecular complexity index is 2590. The summed E-state index contributed by atoms with van der Waals surface area (Å²) in [5, 5.41) is 22.2. The van der Waals surface area contributed by atoms with E-state index in [0.717, 1.165) is 46.3 Å². The van der Waals surface area contributed by atoms with Crippen molar-refractivity contribution in [3.63, 3.8) is 0 Å².